The maximum Gasteiger partial charge on any atom is 0.255 e. The molecule has 2 aromatic rings. The number of pyridine rings is 1. The lowest BCUT2D eigenvalue weighted by atomic mass is 10.2. The number of hydrogen-bond acceptors (Lipinski definition) is 4. The lowest BCUT2D eigenvalue weighted by Crippen LogP contribution is -2.33. The molecule has 0 saturated carbocycles. The van der Waals surface area contributed by atoms with Gasteiger partial charge in [0.05, 0.1) is 0 Å². The van der Waals surface area contributed by atoms with Crippen LogP contribution in [0.1, 0.15) is 30.6 Å². The van der Waals surface area contributed by atoms with Gasteiger partial charge < -0.3 is 14.8 Å². The molecule has 1 aromatic heterocycles. The Bertz CT molecular complexity index is 672. The van der Waals surface area contributed by atoms with Gasteiger partial charge in [0.25, 0.3) is 5.91 Å². The van der Waals surface area contributed by atoms with Crippen molar-refractivity contribution in [3.05, 3.63) is 48.3 Å². The van der Waals surface area contributed by atoms with Gasteiger partial charge in [0, 0.05) is 43.1 Å². The van der Waals surface area contributed by atoms with E-state index in [4.69, 9.17) is 9.47 Å². The van der Waals surface area contributed by atoms with Crippen molar-refractivity contribution >= 4 is 11.6 Å². The Hall–Kier alpha value is -2.56. The Morgan fingerprint density at radius 1 is 1.19 bits per heavy atom. The number of carbonyl (C=O) groups is 1. The zero-order valence-electron chi connectivity index (χ0n) is 11.9. The van der Waals surface area contributed by atoms with E-state index in [1.165, 1.54) is 0 Å². The van der Waals surface area contributed by atoms with Crippen LogP contribution in [0.2, 0.25) is 0 Å². The fourth-order valence-corrected chi connectivity index (χ4v) is 2.09. The minimum atomic E-state index is -0.629. The van der Waals surface area contributed by atoms with Crippen molar-refractivity contribution in [3.8, 4) is 11.5 Å². The zero-order valence-corrected chi connectivity index (χ0v) is 11.9. The van der Waals surface area contributed by atoms with Gasteiger partial charge in [-0.1, -0.05) is 6.92 Å². The van der Waals surface area contributed by atoms with E-state index < -0.39 is 5.79 Å². The molecule has 2 heterocycles. The van der Waals surface area contributed by atoms with Crippen molar-refractivity contribution in [1.29, 1.82) is 0 Å². The maximum absolute atomic E-state index is 12.1. The van der Waals surface area contributed by atoms with Gasteiger partial charge in [0.15, 0.2) is 11.5 Å². The van der Waals surface area contributed by atoms with Crippen LogP contribution in [-0.2, 0) is 0 Å². The normalized spacial score (nSPS) is 19.3. The Morgan fingerprint density at radius 3 is 2.62 bits per heavy atom. The number of aromatic nitrogens is 1. The molecule has 0 radical (unpaired) electrons. The molecule has 0 saturated heterocycles. The third-order valence-corrected chi connectivity index (χ3v) is 3.44. The van der Waals surface area contributed by atoms with Crippen LogP contribution in [0.4, 0.5) is 5.69 Å². The second kappa shape index (κ2) is 5.09. The second-order valence-corrected chi connectivity index (χ2v) is 5.04. The summed E-state index contributed by atoms with van der Waals surface area (Å²) in [7, 11) is 0. The van der Waals surface area contributed by atoms with E-state index in [2.05, 4.69) is 10.3 Å². The molecule has 0 spiro atoms. The highest BCUT2D eigenvalue weighted by Crippen LogP contribution is 2.42. The maximum atomic E-state index is 12.1. The minimum absolute atomic E-state index is 0.186. The van der Waals surface area contributed by atoms with Gasteiger partial charge >= 0.3 is 0 Å². The molecule has 21 heavy (non-hydrogen) atoms. The first-order valence-electron chi connectivity index (χ1n) is 6.83. The Balaban J connectivity index is 1.78. The first-order chi connectivity index (χ1) is 10.1. The van der Waals surface area contributed by atoms with E-state index in [1.807, 2.05) is 13.8 Å². The Kier molecular flexibility index (Phi) is 3.25. The zero-order chi connectivity index (χ0) is 14.9. The van der Waals surface area contributed by atoms with E-state index >= 15 is 0 Å². The second-order valence-electron chi connectivity index (χ2n) is 5.04. The van der Waals surface area contributed by atoms with Gasteiger partial charge in [0.1, 0.15) is 0 Å². The third-order valence-electron chi connectivity index (χ3n) is 3.44. The van der Waals surface area contributed by atoms with Crippen molar-refractivity contribution in [2.45, 2.75) is 26.1 Å². The van der Waals surface area contributed by atoms with Crippen molar-refractivity contribution in [2.24, 2.45) is 0 Å². The number of hydrogen-bond donors (Lipinski definition) is 1. The summed E-state index contributed by atoms with van der Waals surface area (Å²) in [5.41, 5.74) is 1.22. The predicted octanol–water partition coefficient (Wildman–Crippen LogP) is 3.23. The van der Waals surface area contributed by atoms with E-state index in [0.29, 0.717) is 22.7 Å². The minimum Gasteiger partial charge on any atom is -0.449 e. The molecule has 0 bridgehead atoms. The van der Waals surface area contributed by atoms with Gasteiger partial charge in [-0.2, -0.15) is 0 Å². The molecule has 5 heteroatoms. The van der Waals surface area contributed by atoms with Crippen molar-refractivity contribution < 1.29 is 14.3 Å². The van der Waals surface area contributed by atoms with E-state index in [-0.39, 0.29) is 5.91 Å². The number of amides is 1. The molecule has 3 rings (SSSR count). The summed E-state index contributed by atoms with van der Waals surface area (Å²) in [4.78, 5) is 16.0. The topological polar surface area (TPSA) is 60.5 Å². The van der Waals surface area contributed by atoms with Crippen molar-refractivity contribution in [2.75, 3.05) is 5.32 Å². The van der Waals surface area contributed by atoms with Gasteiger partial charge in [-0.05, 0) is 24.3 Å². The highest BCUT2D eigenvalue weighted by Gasteiger charge is 2.34. The SMILES string of the molecule is CC[C@@]1(C)Oc2ccc(NC(=O)c3ccncc3)cc2O1. The average molecular weight is 284 g/mol. The van der Waals surface area contributed by atoms with Crippen LogP contribution in [0.15, 0.2) is 42.7 Å². The fraction of sp³-hybridized carbons (Fsp3) is 0.250. The monoisotopic (exact) mass is 284 g/mol. The molecule has 1 atom stereocenters. The lowest BCUT2D eigenvalue weighted by molar-refractivity contribution is -0.0640. The number of anilines is 1. The smallest absolute Gasteiger partial charge is 0.255 e. The molecule has 1 amide bonds. The number of ether oxygens (including phenoxy) is 2. The summed E-state index contributed by atoms with van der Waals surface area (Å²) in [6.07, 6.45) is 3.91. The highest BCUT2D eigenvalue weighted by atomic mass is 16.7. The van der Waals surface area contributed by atoms with E-state index in [0.717, 1.165) is 6.42 Å². The number of benzene rings is 1. The fourth-order valence-electron chi connectivity index (χ4n) is 2.09. The molecule has 1 aliphatic rings. The summed E-state index contributed by atoms with van der Waals surface area (Å²) < 4.78 is 11.5. The average Bonchev–Trinajstić information content (AvgIpc) is 2.84. The van der Waals surface area contributed by atoms with Crippen LogP contribution in [-0.4, -0.2) is 16.7 Å². The number of nitrogens with zero attached hydrogens (tertiary/aromatic N) is 1. The summed E-state index contributed by atoms with van der Waals surface area (Å²) >= 11 is 0. The van der Waals surface area contributed by atoms with Crippen LogP contribution >= 0.6 is 0 Å². The largest absolute Gasteiger partial charge is 0.449 e. The van der Waals surface area contributed by atoms with Crippen molar-refractivity contribution in [3.63, 3.8) is 0 Å². The summed E-state index contributed by atoms with van der Waals surface area (Å²) in [5.74, 6) is 0.526. The molecular formula is C16H16N2O3. The first-order valence-corrected chi connectivity index (χ1v) is 6.83. The predicted molar refractivity (Wildman–Crippen MR) is 78.6 cm³/mol. The van der Waals surface area contributed by atoms with Crippen LogP contribution < -0.4 is 14.8 Å². The van der Waals surface area contributed by atoms with Crippen LogP contribution in [0, 0.1) is 0 Å². The van der Waals surface area contributed by atoms with Gasteiger partial charge in [0.2, 0.25) is 5.79 Å². The van der Waals surface area contributed by atoms with Crippen LogP contribution in [0.5, 0.6) is 11.5 Å². The summed E-state index contributed by atoms with van der Waals surface area (Å²) in [5, 5.41) is 2.83. The molecule has 0 fully saturated rings. The van der Waals surface area contributed by atoms with E-state index in [9.17, 15) is 4.79 Å². The van der Waals surface area contributed by atoms with Gasteiger partial charge in [-0.3, -0.25) is 9.78 Å². The molecule has 108 valence electrons. The Morgan fingerprint density at radius 2 is 1.90 bits per heavy atom. The molecule has 1 aliphatic heterocycles. The van der Waals surface area contributed by atoms with Gasteiger partial charge in [-0.15, -0.1) is 0 Å². The lowest BCUT2D eigenvalue weighted by Gasteiger charge is -2.20. The summed E-state index contributed by atoms with van der Waals surface area (Å²) in [6.45, 7) is 3.89. The Labute approximate surface area is 122 Å². The number of nitrogens with one attached hydrogen (secondary N) is 1. The molecular weight excluding hydrogens is 268 g/mol. The molecule has 0 unspecified atom stereocenters. The number of rotatable bonds is 3. The molecule has 0 aliphatic carbocycles. The first kappa shape index (κ1) is 13.4. The molecule has 1 aromatic carbocycles. The van der Waals surface area contributed by atoms with E-state index in [1.54, 1.807) is 42.7 Å². The number of carbonyl (C=O) groups excluding carboxylic acids is 1. The number of fused-ring (bicyclic) bond motifs is 1. The summed E-state index contributed by atoms with van der Waals surface area (Å²) in [6, 6.07) is 8.70. The van der Waals surface area contributed by atoms with Crippen molar-refractivity contribution in [1.82, 2.24) is 4.98 Å². The third kappa shape index (κ3) is 2.67. The standard InChI is InChI=1S/C16H16N2O3/c1-3-16(2)20-13-5-4-12(10-14(13)21-16)18-15(19)11-6-8-17-9-7-11/h4-10H,3H2,1-2H3,(H,18,19)/t16-/m0/s1. The van der Waals surface area contributed by atoms with Crippen LogP contribution in [0.25, 0.3) is 0 Å². The van der Waals surface area contributed by atoms with Gasteiger partial charge in [-0.25, -0.2) is 0 Å². The molecule has 1 N–H and O–H groups in total. The van der Waals surface area contributed by atoms with Crippen LogP contribution in [0.3, 0.4) is 0 Å². The highest BCUT2D eigenvalue weighted by molar-refractivity contribution is 6.04. The quantitative estimate of drug-likeness (QED) is 0.940. The molecule has 5 nitrogen and oxygen atoms in total.